The third-order valence-corrected chi connectivity index (χ3v) is 4.00. The Hall–Kier alpha value is -1.04. The van der Waals surface area contributed by atoms with Crippen molar-refractivity contribution in [3.8, 4) is 5.75 Å². The topological polar surface area (TPSA) is 39.1 Å². The molecule has 0 saturated heterocycles. The van der Waals surface area contributed by atoms with Gasteiger partial charge in [-0.05, 0) is 32.2 Å². The van der Waals surface area contributed by atoms with Crippen molar-refractivity contribution >= 4 is 27.5 Å². The van der Waals surface area contributed by atoms with Crippen LogP contribution in [0.4, 0.5) is 0 Å². The van der Waals surface area contributed by atoms with E-state index in [9.17, 15) is 0 Å². The third-order valence-electron chi connectivity index (χ3n) is 3.03. The van der Waals surface area contributed by atoms with Gasteiger partial charge in [0.25, 0.3) is 0 Å². The minimum absolute atomic E-state index is 0.414. The van der Waals surface area contributed by atoms with Crippen LogP contribution in [-0.4, -0.2) is 16.8 Å². The second-order valence-electron chi connectivity index (χ2n) is 4.55. The SMILES string of the molecule is CNCc1cc(Br)ccc1OCc1c(C)nn(C)c1Cl. The molecule has 0 aliphatic heterocycles. The predicted molar refractivity (Wildman–Crippen MR) is 84.2 cm³/mol. The number of hydrogen-bond acceptors (Lipinski definition) is 3. The molecule has 0 radical (unpaired) electrons. The van der Waals surface area contributed by atoms with Crippen molar-refractivity contribution in [2.45, 2.75) is 20.1 Å². The molecule has 1 N–H and O–H groups in total. The lowest BCUT2D eigenvalue weighted by atomic mass is 10.2. The van der Waals surface area contributed by atoms with E-state index in [4.69, 9.17) is 16.3 Å². The van der Waals surface area contributed by atoms with E-state index in [2.05, 4.69) is 26.3 Å². The zero-order chi connectivity index (χ0) is 14.7. The van der Waals surface area contributed by atoms with Crippen LogP contribution in [0.1, 0.15) is 16.8 Å². The minimum Gasteiger partial charge on any atom is -0.488 e. The Morgan fingerprint density at radius 2 is 2.20 bits per heavy atom. The van der Waals surface area contributed by atoms with Gasteiger partial charge in [-0.2, -0.15) is 5.10 Å². The monoisotopic (exact) mass is 357 g/mol. The molecule has 20 heavy (non-hydrogen) atoms. The van der Waals surface area contributed by atoms with E-state index in [1.54, 1.807) is 4.68 Å². The summed E-state index contributed by atoms with van der Waals surface area (Å²) in [4.78, 5) is 0. The van der Waals surface area contributed by atoms with Gasteiger partial charge < -0.3 is 10.1 Å². The Bertz CT molecular complexity index is 613. The molecule has 108 valence electrons. The second-order valence-corrected chi connectivity index (χ2v) is 5.82. The van der Waals surface area contributed by atoms with Gasteiger partial charge in [0.1, 0.15) is 17.5 Å². The van der Waals surface area contributed by atoms with Crippen LogP contribution < -0.4 is 10.1 Å². The number of ether oxygens (including phenoxy) is 1. The van der Waals surface area contributed by atoms with Crippen molar-refractivity contribution in [3.05, 3.63) is 44.6 Å². The minimum atomic E-state index is 0.414. The van der Waals surface area contributed by atoms with E-state index in [-0.39, 0.29) is 0 Å². The van der Waals surface area contributed by atoms with Crippen LogP contribution in [0.3, 0.4) is 0 Å². The van der Waals surface area contributed by atoms with E-state index in [0.29, 0.717) is 11.8 Å². The summed E-state index contributed by atoms with van der Waals surface area (Å²) in [6.45, 7) is 3.09. The Kier molecular flexibility index (Phi) is 5.07. The van der Waals surface area contributed by atoms with Crippen molar-refractivity contribution in [2.75, 3.05) is 7.05 Å². The number of hydrogen-bond donors (Lipinski definition) is 1. The molecule has 0 aliphatic carbocycles. The smallest absolute Gasteiger partial charge is 0.133 e. The van der Waals surface area contributed by atoms with Gasteiger partial charge in [-0.1, -0.05) is 27.5 Å². The highest BCUT2D eigenvalue weighted by molar-refractivity contribution is 9.10. The molecule has 0 aliphatic rings. The number of aryl methyl sites for hydroxylation is 2. The van der Waals surface area contributed by atoms with Crippen molar-refractivity contribution in [1.29, 1.82) is 0 Å². The zero-order valence-electron chi connectivity index (χ0n) is 11.7. The highest BCUT2D eigenvalue weighted by atomic mass is 79.9. The van der Waals surface area contributed by atoms with Gasteiger partial charge in [0.05, 0.1) is 5.69 Å². The molecule has 0 unspecified atom stereocenters. The summed E-state index contributed by atoms with van der Waals surface area (Å²) < 4.78 is 8.60. The summed E-state index contributed by atoms with van der Waals surface area (Å²) in [7, 11) is 3.73. The lowest BCUT2D eigenvalue weighted by Crippen LogP contribution is -2.08. The van der Waals surface area contributed by atoms with Gasteiger partial charge in [-0.15, -0.1) is 0 Å². The standard InChI is InChI=1S/C14H17BrClN3O/c1-9-12(14(16)19(3)18-9)8-20-13-5-4-11(15)6-10(13)7-17-2/h4-6,17H,7-8H2,1-3H3. The molecule has 0 bridgehead atoms. The highest BCUT2D eigenvalue weighted by Gasteiger charge is 2.13. The maximum Gasteiger partial charge on any atom is 0.133 e. The maximum atomic E-state index is 6.21. The first-order valence-corrected chi connectivity index (χ1v) is 7.43. The predicted octanol–water partition coefficient (Wildman–Crippen LogP) is 3.44. The van der Waals surface area contributed by atoms with Gasteiger partial charge >= 0.3 is 0 Å². The van der Waals surface area contributed by atoms with Crippen LogP contribution in [0, 0.1) is 6.92 Å². The molecule has 1 aromatic heterocycles. The Labute approximate surface area is 132 Å². The largest absolute Gasteiger partial charge is 0.488 e. The Morgan fingerprint density at radius 1 is 1.45 bits per heavy atom. The quantitative estimate of drug-likeness (QED) is 0.890. The van der Waals surface area contributed by atoms with Crippen LogP contribution in [-0.2, 0) is 20.2 Å². The van der Waals surface area contributed by atoms with Gasteiger partial charge in [0.15, 0.2) is 0 Å². The molecule has 2 aromatic rings. The van der Waals surface area contributed by atoms with Crippen LogP contribution >= 0.6 is 27.5 Å². The van der Waals surface area contributed by atoms with Gasteiger partial charge in [-0.3, -0.25) is 4.68 Å². The number of halogens is 2. The first-order chi connectivity index (χ1) is 9.52. The van der Waals surface area contributed by atoms with Crippen molar-refractivity contribution in [2.24, 2.45) is 7.05 Å². The average Bonchev–Trinajstić information content (AvgIpc) is 2.64. The first kappa shape index (κ1) is 15.4. The van der Waals surface area contributed by atoms with Gasteiger partial charge in [0, 0.05) is 29.2 Å². The van der Waals surface area contributed by atoms with Crippen LogP contribution in [0.5, 0.6) is 5.75 Å². The number of aromatic nitrogens is 2. The van der Waals surface area contributed by atoms with Gasteiger partial charge in [0.2, 0.25) is 0 Å². The fraction of sp³-hybridized carbons (Fsp3) is 0.357. The lowest BCUT2D eigenvalue weighted by Gasteiger charge is -2.12. The Balaban J connectivity index is 2.18. The highest BCUT2D eigenvalue weighted by Crippen LogP contribution is 2.26. The number of benzene rings is 1. The molecule has 0 fully saturated rings. The van der Waals surface area contributed by atoms with E-state index in [1.807, 2.05) is 39.2 Å². The summed E-state index contributed by atoms with van der Waals surface area (Å²) in [5.41, 5.74) is 2.91. The Morgan fingerprint density at radius 3 is 2.80 bits per heavy atom. The fourth-order valence-corrected chi connectivity index (χ4v) is 2.64. The normalized spacial score (nSPS) is 10.8. The molecule has 1 aromatic carbocycles. The van der Waals surface area contributed by atoms with Crippen LogP contribution in [0.25, 0.3) is 0 Å². The second kappa shape index (κ2) is 6.61. The summed E-state index contributed by atoms with van der Waals surface area (Å²) >= 11 is 9.68. The molecule has 0 saturated carbocycles. The summed E-state index contributed by atoms with van der Waals surface area (Å²) in [5, 5.41) is 8.03. The molecule has 4 nitrogen and oxygen atoms in total. The molecule has 0 spiro atoms. The molecule has 6 heteroatoms. The molecule has 2 rings (SSSR count). The summed E-state index contributed by atoms with van der Waals surface area (Å²) in [6, 6.07) is 5.96. The first-order valence-electron chi connectivity index (χ1n) is 6.26. The molecular weight excluding hydrogens is 342 g/mol. The molecule has 0 atom stereocenters. The number of rotatable bonds is 5. The number of nitrogens with zero attached hydrogens (tertiary/aromatic N) is 2. The number of nitrogens with one attached hydrogen (secondary N) is 1. The fourth-order valence-electron chi connectivity index (χ4n) is 2.01. The van der Waals surface area contributed by atoms with Crippen molar-refractivity contribution in [3.63, 3.8) is 0 Å². The van der Waals surface area contributed by atoms with E-state index >= 15 is 0 Å². The molecular formula is C14H17BrClN3O. The van der Waals surface area contributed by atoms with E-state index < -0.39 is 0 Å². The lowest BCUT2D eigenvalue weighted by molar-refractivity contribution is 0.301. The average molecular weight is 359 g/mol. The van der Waals surface area contributed by atoms with Crippen molar-refractivity contribution in [1.82, 2.24) is 15.1 Å². The van der Waals surface area contributed by atoms with Crippen LogP contribution in [0.2, 0.25) is 5.15 Å². The van der Waals surface area contributed by atoms with Crippen molar-refractivity contribution < 1.29 is 4.74 Å². The van der Waals surface area contributed by atoms with E-state index in [0.717, 1.165) is 33.6 Å². The van der Waals surface area contributed by atoms with E-state index in [1.165, 1.54) is 0 Å². The molecule has 0 amide bonds. The molecule has 1 heterocycles. The zero-order valence-corrected chi connectivity index (χ0v) is 14.0. The third kappa shape index (κ3) is 3.34. The van der Waals surface area contributed by atoms with Crippen LogP contribution in [0.15, 0.2) is 22.7 Å². The summed E-state index contributed by atoms with van der Waals surface area (Å²) in [5.74, 6) is 0.849. The maximum absolute atomic E-state index is 6.21. The van der Waals surface area contributed by atoms with Gasteiger partial charge in [-0.25, -0.2) is 0 Å². The summed E-state index contributed by atoms with van der Waals surface area (Å²) in [6.07, 6.45) is 0.